The second-order valence-electron chi connectivity index (χ2n) is 7.21. The van der Waals surface area contributed by atoms with Gasteiger partial charge in [0.15, 0.2) is 0 Å². The highest BCUT2D eigenvalue weighted by molar-refractivity contribution is 6.31. The summed E-state index contributed by atoms with van der Waals surface area (Å²) in [7, 11) is 0. The molecule has 2 unspecified atom stereocenters. The fourth-order valence-electron chi connectivity index (χ4n) is 4.10. The number of aromatic nitrogens is 1. The predicted molar refractivity (Wildman–Crippen MR) is 110 cm³/mol. The minimum atomic E-state index is -0.851. The monoisotopic (exact) mass is 398 g/mol. The van der Waals surface area contributed by atoms with Crippen molar-refractivity contribution in [2.24, 2.45) is 0 Å². The average molecular weight is 399 g/mol. The molecule has 0 radical (unpaired) electrons. The van der Waals surface area contributed by atoms with E-state index in [0.717, 1.165) is 27.7 Å². The second-order valence-corrected chi connectivity index (χ2v) is 7.65. The number of carbonyl (C=O) groups excluding carboxylic acids is 1. The van der Waals surface area contributed by atoms with Crippen molar-refractivity contribution in [1.29, 1.82) is 0 Å². The maximum Gasteiger partial charge on any atom is 0.326 e. The van der Waals surface area contributed by atoms with Gasteiger partial charge in [0.25, 0.3) is 0 Å². The third-order valence-electron chi connectivity index (χ3n) is 5.56. The molecular weight excluding hydrogens is 376 g/mol. The van der Waals surface area contributed by atoms with Gasteiger partial charge < -0.3 is 14.8 Å². The van der Waals surface area contributed by atoms with Crippen LogP contribution in [0, 0.1) is 0 Å². The molecule has 6 heteroatoms. The lowest BCUT2D eigenvalue weighted by Crippen LogP contribution is -2.58. The summed E-state index contributed by atoms with van der Waals surface area (Å²) in [5.74, 6) is -0.0755. The molecule has 0 saturated carbocycles. The first-order valence-electron chi connectivity index (χ1n) is 9.51. The van der Waals surface area contributed by atoms with Crippen LogP contribution >= 0.6 is 11.6 Å². The Morgan fingerprint density at radius 3 is 2.82 bits per heavy atom. The molecule has 0 bridgehead atoms. The number of benzene rings is 2. The van der Waals surface area contributed by atoms with Gasteiger partial charge in [0, 0.05) is 28.0 Å². The first-order chi connectivity index (χ1) is 13.5. The van der Waals surface area contributed by atoms with Gasteiger partial charge >= 0.3 is 5.97 Å². The second kappa shape index (κ2) is 7.15. The Morgan fingerprint density at radius 2 is 2.11 bits per heavy atom. The standard InChI is InChI=1S/C22H23ClN2O3/c1-3-22(21(27)28-4-2)12-17-16-11-14(23)8-9-18(16)24-20(17)19(25-22)13-6-5-7-15(26)10-13/h5-11,19,24-26H,3-4,12H2,1-2H3. The average Bonchev–Trinajstić information content (AvgIpc) is 3.05. The summed E-state index contributed by atoms with van der Waals surface area (Å²) in [5.41, 5.74) is 3.03. The summed E-state index contributed by atoms with van der Waals surface area (Å²) < 4.78 is 5.42. The molecule has 3 aromatic rings. The number of aromatic hydroxyl groups is 1. The van der Waals surface area contributed by atoms with Crippen molar-refractivity contribution >= 4 is 28.5 Å². The van der Waals surface area contributed by atoms with Crippen molar-refractivity contribution in [2.75, 3.05) is 6.61 Å². The molecule has 3 N–H and O–H groups in total. The fourth-order valence-corrected chi connectivity index (χ4v) is 4.28. The Balaban J connectivity index is 1.93. The van der Waals surface area contributed by atoms with E-state index in [9.17, 15) is 9.90 Å². The van der Waals surface area contributed by atoms with Crippen LogP contribution in [0.2, 0.25) is 5.02 Å². The van der Waals surface area contributed by atoms with Gasteiger partial charge in [0.05, 0.1) is 12.6 Å². The largest absolute Gasteiger partial charge is 0.508 e. The van der Waals surface area contributed by atoms with Crippen molar-refractivity contribution in [3.63, 3.8) is 0 Å². The number of hydrogen-bond acceptors (Lipinski definition) is 4. The highest BCUT2D eigenvalue weighted by Crippen LogP contribution is 2.41. The van der Waals surface area contributed by atoms with Crippen molar-refractivity contribution in [3.05, 3.63) is 64.3 Å². The molecule has 0 saturated heterocycles. The number of nitrogens with one attached hydrogen (secondary N) is 2. The Hall–Kier alpha value is -2.50. The van der Waals surface area contributed by atoms with E-state index in [0.29, 0.717) is 24.5 Å². The molecule has 5 nitrogen and oxygen atoms in total. The van der Waals surface area contributed by atoms with Crippen LogP contribution in [0.1, 0.15) is 43.1 Å². The Morgan fingerprint density at radius 1 is 1.29 bits per heavy atom. The number of phenolic OH excluding ortho intramolecular Hbond substituents is 1. The summed E-state index contributed by atoms with van der Waals surface area (Å²) in [6.07, 6.45) is 1.08. The van der Waals surface area contributed by atoms with E-state index in [1.54, 1.807) is 18.2 Å². The first kappa shape index (κ1) is 18.8. The van der Waals surface area contributed by atoms with Gasteiger partial charge in [0.2, 0.25) is 0 Å². The van der Waals surface area contributed by atoms with E-state index in [4.69, 9.17) is 16.3 Å². The SMILES string of the molecule is CCOC(=O)C1(CC)Cc2c([nH]c3ccc(Cl)cc23)C(c2cccc(O)c2)N1. The molecule has 4 rings (SSSR count). The highest BCUT2D eigenvalue weighted by atomic mass is 35.5. The maximum absolute atomic E-state index is 13.0. The van der Waals surface area contributed by atoms with Crippen LogP contribution in [0.15, 0.2) is 42.5 Å². The third-order valence-corrected chi connectivity index (χ3v) is 5.80. The molecular formula is C22H23ClN2O3. The van der Waals surface area contributed by atoms with Gasteiger partial charge in [-0.05, 0) is 54.8 Å². The number of hydrogen-bond donors (Lipinski definition) is 3. The van der Waals surface area contributed by atoms with Crippen molar-refractivity contribution in [3.8, 4) is 5.75 Å². The third kappa shape index (κ3) is 3.05. The molecule has 146 valence electrons. The smallest absolute Gasteiger partial charge is 0.326 e. The molecule has 1 aromatic heterocycles. The number of rotatable bonds is 4. The number of ether oxygens (including phenoxy) is 1. The molecule has 2 aromatic carbocycles. The lowest BCUT2D eigenvalue weighted by Gasteiger charge is -2.40. The lowest BCUT2D eigenvalue weighted by atomic mass is 9.80. The van der Waals surface area contributed by atoms with Gasteiger partial charge in [-0.1, -0.05) is 30.7 Å². The van der Waals surface area contributed by atoms with Crippen molar-refractivity contribution in [1.82, 2.24) is 10.3 Å². The molecule has 0 amide bonds. The van der Waals surface area contributed by atoms with Gasteiger partial charge in [-0.15, -0.1) is 0 Å². The summed E-state index contributed by atoms with van der Waals surface area (Å²) in [4.78, 5) is 16.4. The van der Waals surface area contributed by atoms with Crippen LogP contribution < -0.4 is 5.32 Å². The molecule has 0 spiro atoms. The lowest BCUT2D eigenvalue weighted by molar-refractivity contribution is -0.152. The number of aromatic amines is 1. The fraction of sp³-hybridized carbons (Fsp3) is 0.318. The molecule has 1 aliphatic rings. The van der Waals surface area contributed by atoms with Crippen molar-refractivity contribution < 1.29 is 14.6 Å². The van der Waals surface area contributed by atoms with E-state index < -0.39 is 5.54 Å². The van der Waals surface area contributed by atoms with E-state index in [1.165, 1.54) is 0 Å². The predicted octanol–water partition coefficient (Wildman–Crippen LogP) is 4.47. The van der Waals surface area contributed by atoms with Gasteiger partial charge in [-0.2, -0.15) is 0 Å². The topological polar surface area (TPSA) is 74.4 Å². The van der Waals surface area contributed by atoms with Crippen LogP contribution in [0.5, 0.6) is 5.75 Å². The number of esters is 1. The van der Waals surface area contributed by atoms with E-state index in [-0.39, 0.29) is 17.8 Å². The number of phenols is 1. The highest BCUT2D eigenvalue weighted by Gasteiger charge is 2.46. The summed E-state index contributed by atoms with van der Waals surface area (Å²) >= 11 is 6.26. The summed E-state index contributed by atoms with van der Waals surface area (Å²) in [6.45, 7) is 4.12. The van der Waals surface area contributed by atoms with Crippen LogP contribution in [0.3, 0.4) is 0 Å². The van der Waals surface area contributed by atoms with E-state index >= 15 is 0 Å². The minimum Gasteiger partial charge on any atom is -0.508 e. The molecule has 2 heterocycles. The minimum absolute atomic E-state index is 0.184. The Bertz CT molecular complexity index is 1050. The number of fused-ring (bicyclic) bond motifs is 3. The Labute approximate surface area is 168 Å². The van der Waals surface area contributed by atoms with Crippen molar-refractivity contribution in [2.45, 2.75) is 38.3 Å². The molecule has 2 atom stereocenters. The molecule has 28 heavy (non-hydrogen) atoms. The van der Waals surface area contributed by atoms with E-state index in [1.807, 2.05) is 38.1 Å². The normalized spacial score (nSPS) is 21.5. The first-order valence-corrected chi connectivity index (χ1v) is 9.89. The van der Waals surface area contributed by atoms with Gasteiger partial charge in [-0.3, -0.25) is 10.1 Å². The zero-order chi connectivity index (χ0) is 19.9. The zero-order valence-electron chi connectivity index (χ0n) is 15.9. The number of H-pyrrole nitrogens is 1. The Kier molecular flexibility index (Phi) is 4.81. The summed E-state index contributed by atoms with van der Waals surface area (Å²) in [5, 5.41) is 15.2. The molecule has 1 aliphatic heterocycles. The zero-order valence-corrected chi connectivity index (χ0v) is 16.6. The molecule has 0 fully saturated rings. The van der Waals surface area contributed by atoms with Crippen LogP contribution in [-0.2, 0) is 16.0 Å². The maximum atomic E-state index is 13.0. The number of carbonyl (C=O) groups is 1. The van der Waals surface area contributed by atoms with Crippen LogP contribution in [0.4, 0.5) is 0 Å². The molecule has 0 aliphatic carbocycles. The van der Waals surface area contributed by atoms with E-state index in [2.05, 4.69) is 10.3 Å². The van der Waals surface area contributed by atoms with Gasteiger partial charge in [-0.25, -0.2) is 0 Å². The quantitative estimate of drug-likeness (QED) is 0.567. The van der Waals surface area contributed by atoms with Crippen LogP contribution in [0.25, 0.3) is 10.9 Å². The summed E-state index contributed by atoms with van der Waals surface area (Å²) in [6, 6.07) is 12.5. The number of halogens is 1. The van der Waals surface area contributed by atoms with Gasteiger partial charge in [0.1, 0.15) is 11.3 Å². The van der Waals surface area contributed by atoms with Crippen LogP contribution in [-0.4, -0.2) is 28.2 Å².